The van der Waals surface area contributed by atoms with Gasteiger partial charge in [0.1, 0.15) is 5.54 Å². The van der Waals surface area contributed by atoms with Crippen molar-refractivity contribution in [3.8, 4) is 0 Å². The molecule has 1 aliphatic rings. The first-order valence-corrected chi connectivity index (χ1v) is 6.34. The zero-order valence-corrected chi connectivity index (χ0v) is 10.7. The predicted molar refractivity (Wildman–Crippen MR) is 70.9 cm³/mol. The van der Waals surface area contributed by atoms with Crippen molar-refractivity contribution in [1.82, 2.24) is 5.32 Å². The number of nitrogens with two attached hydrogens (primary N) is 1. The van der Waals surface area contributed by atoms with E-state index in [1.807, 2.05) is 24.3 Å². The van der Waals surface area contributed by atoms with Gasteiger partial charge in [-0.15, -0.1) is 0 Å². The molecule has 0 heterocycles. The first-order valence-electron chi connectivity index (χ1n) is 6.34. The van der Waals surface area contributed by atoms with Crippen molar-refractivity contribution >= 4 is 11.7 Å². The third-order valence-electron chi connectivity index (χ3n) is 3.64. The van der Waals surface area contributed by atoms with Gasteiger partial charge in [0, 0.05) is 12.2 Å². The molecule has 4 heteroatoms. The van der Waals surface area contributed by atoms with E-state index in [1.54, 1.807) is 0 Å². The van der Waals surface area contributed by atoms with Crippen molar-refractivity contribution in [1.29, 1.82) is 0 Å². The van der Waals surface area contributed by atoms with Gasteiger partial charge in [0.25, 0.3) is 0 Å². The lowest BCUT2D eigenvalue weighted by molar-refractivity contribution is -0.148. The minimum absolute atomic E-state index is 0.143. The summed E-state index contributed by atoms with van der Waals surface area (Å²) in [5.41, 5.74) is 7.03. The Morgan fingerprint density at radius 1 is 1.33 bits per heavy atom. The summed E-state index contributed by atoms with van der Waals surface area (Å²) >= 11 is 0. The van der Waals surface area contributed by atoms with Crippen LogP contribution in [-0.2, 0) is 16.1 Å². The molecule has 98 valence electrons. The van der Waals surface area contributed by atoms with Gasteiger partial charge >= 0.3 is 5.97 Å². The largest absolute Gasteiger partial charge is 0.468 e. The Balaban J connectivity index is 2.02. The summed E-state index contributed by atoms with van der Waals surface area (Å²) in [6, 6.07) is 7.69. The summed E-state index contributed by atoms with van der Waals surface area (Å²) in [6.07, 6.45) is 3.86. The fourth-order valence-electron chi connectivity index (χ4n) is 2.53. The van der Waals surface area contributed by atoms with E-state index in [0.29, 0.717) is 6.54 Å². The van der Waals surface area contributed by atoms with Crippen LogP contribution in [0.5, 0.6) is 0 Å². The molecule has 1 aromatic carbocycles. The number of hydrogen-bond acceptors (Lipinski definition) is 4. The van der Waals surface area contributed by atoms with Crippen LogP contribution in [-0.4, -0.2) is 18.6 Å². The van der Waals surface area contributed by atoms with Crippen molar-refractivity contribution < 1.29 is 9.53 Å². The molecule has 0 bridgehead atoms. The number of nitrogen functional groups attached to an aromatic ring is 1. The number of esters is 1. The second-order valence-corrected chi connectivity index (χ2v) is 4.88. The Morgan fingerprint density at radius 3 is 2.50 bits per heavy atom. The molecule has 18 heavy (non-hydrogen) atoms. The van der Waals surface area contributed by atoms with Crippen molar-refractivity contribution in [3.63, 3.8) is 0 Å². The quantitative estimate of drug-likeness (QED) is 0.630. The molecule has 1 aliphatic carbocycles. The van der Waals surface area contributed by atoms with Crippen LogP contribution < -0.4 is 11.1 Å². The Hall–Kier alpha value is -1.55. The van der Waals surface area contributed by atoms with E-state index in [0.717, 1.165) is 36.9 Å². The topological polar surface area (TPSA) is 64.3 Å². The average molecular weight is 248 g/mol. The molecule has 0 aromatic heterocycles. The molecule has 0 radical (unpaired) electrons. The Kier molecular flexibility index (Phi) is 3.87. The van der Waals surface area contributed by atoms with E-state index in [9.17, 15) is 4.79 Å². The van der Waals surface area contributed by atoms with E-state index in [1.165, 1.54) is 7.11 Å². The number of benzene rings is 1. The van der Waals surface area contributed by atoms with E-state index >= 15 is 0 Å². The van der Waals surface area contributed by atoms with E-state index in [-0.39, 0.29) is 5.97 Å². The van der Waals surface area contributed by atoms with Crippen LogP contribution in [0.3, 0.4) is 0 Å². The highest BCUT2D eigenvalue weighted by Crippen LogP contribution is 2.31. The maximum Gasteiger partial charge on any atom is 0.326 e. The third kappa shape index (κ3) is 2.64. The van der Waals surface area contributed by atoms with E-state index in [4.69, 9.17) is 10.5 Å². The van der Waals surface area contributed by atoms with E-state index in [2.05, 4.69) is 5.32 Å². The van der Waals surface area contributed by atoms with Gasteiger partial charge in [-0.25, -0.2) is 0 Å². The van der Waals surface area contributed by atoms with Gasteiger partial charge in [0.05, 0.1) is 7.11 Å². The van der Waals surface area contributed by atoms with Gasteiger partial charge < -0.3 is 10.5 Å². The number of carbonyl (C=O) groups excluding carboxylic acids is 1. The number of anilines is 1. The van der Waals surface area contributed by atoms with Crippen LogP contribution in [0, 0.1) is 0 Å². The summed E-state index contributed by atoms with van der Waals surface area (Å²) in [4.78, 5) is 11.9. The number of ether oxygens (including phenoxy) is 1. The minimum atomic E-state index is -0.490. The molecule has 0 amide bonds. The van der Waals surface area contributed by atoms with Crippen LogP contribution in [0.4, 0.5) is 5.69 Å². The minimum Gasteiger partial charge on any atom is -0.468 e. The van der Waals surface area contributed by atoms with Gasteiger partial charge in [0.15, 0.2) is 0 Å². The zero-order chi connectivity index (χ0) is 13.0. The number of hydrogen-bond donors (Lipinski definition) is 2. The fraction of sp³-hybridized carbons (Fsp3) is 0.500. The predicted octanol–water partition coefficient (Wildman–Crippen LogP) is 1.84. The molecule has 1 fully saturated rings. The second kappa shape index (κ2) is 5.40. The third-order valence-corrected chi connectivity index (χ3v) is 3.64. The molecule has 4 nitrogen and oxygen atoms in total. The number of methoxy groups -OCH3 is 1. The lowest BCUT2D eigenvalue weighted by atomic mass is 9.97. The molecular formula is C14H20N2O2. The highest BCUT2D eigenvalue weighted by molar-refractivity contribution is 5.81. The lowest BCUT2D eigenvalue weighted by Crippen LogP contribution is -2.50. The maximum atomic E-state index is 11.9. The van der Waals surface area contributed by atoms with Crippen molar-refractivity contribution in [2.24, 2.45) is 0 Å². The standard InChI is InChI=1S/C14H20N2O2/c1-18-13(17)14(8-2-3-9-14)16-10-11-4-6-12(15)7-5-11/h4-7,16H,2-3,8-10,15H2,1H3. The number of nitrogens with one attached hydrogen (secondary N) is 1. The molecule has 3 N–H and O–H groups in total. The Labute approximate surface area is 108 Å². The molecule has 0 spiro atoms. The molecule has 1 aromatic rings. The van der Waals surface area contributed by atoms with Crippen LogP contribution in [0.25, 0.3) is 0 Å². The molecule has 0 atom stereocenters. The van der Waals surface area contributed by atoms with Crippen molar-refractivity contribution in [3.05, 3.63) is 29.8 Å². The van der Waals surface area contributed by atoms with Gasteiger partial charge in [-0.2, -0.15) is 0 Å². The first kappa shape index (κ1) is 12.9. The van der Waals surface area contributed by atoms with Gasteiger partial charge in [-0.05, 0) is 30.5 Å². The molecule has 0 saturated heterocycles. The molecule has 2 rings (SSSR count). The van der Waals surface area contributed by atoms with E-state index < -0.39 is 5.54 Å². The van der Waals surface area contributed by atoms with Crippen molar-refractivity contribution in [2.75, 3.05) is 12.8 Å². The highest BCUT2D eigenvalue weighted by atomic mass is 16.5. The van der Waals surface area contributed by atoms with Crippen molar-refractivity contribution in [2.45, 2.75) is 37.8 Å². The summed E-state index contributed by atoms with van der Waals surface area (Å²) < 4.78 is 4.92. The van der Waals surface area contributed by atoms with Crippen LogP contribution >= 0.6 is 0 Å². The van der Waals surface area contributed by atoms with Gasteiger partial charge in [-0.3, -0.25) is 10.1 Å². The van der Waals surface area contributed by atoms with Crippen LogP contribution in [0.15, 0.2) is 24.3 Å². The number of rotatable bonds is 4. The molecule has 0 unspecified atom stereocenters. The Bertz CT molecular complexity index is 408. The average Bonchev–Trinajstić information content (AvgIpc) is 2.87. The summed E-state index contributed by atoms with van der Waals surface area (Å²) in [6.45, 7) is 0.662. The lowest BCUT2D eigenvalue weighted by Gasteiger charge is -2.27. The summed E-state index contributed by atoms with van der Waals surface area (Å²) in [5, 5.41) is 3.37. The normalized spacial score (nSPS) is 17.6. The number of carbonyl (C=O) groups is 1. The van der Waals surface area contributed by atoms with Crippen LogP contribution in [0.2, 0.25) is 0 Å². The Morgan fingerprint density at radius 2 is 1.94 bits per heavy atom. The molecule has 1 saturated carbocycles. The maximum absolute atomic E-state index is 11.9. The molecule has 0 aliphatic heterocycles. The zero-order valence-electron chi connectivity index (χ0n) is 10.7. The summed E-state index contributed by atoms with van der Waals surface area (Å²) in [5.74, 6) is -0.143. The fourth-order valence-corrected chi connectivity index (χ4v) is 2.53. The monoisotopic (exact) mass is 248 g/mol. The van der Waals surface area contributed by atoms with Gasteiger partial charge in [0.2, 0.25) is 0 Å². The summed E-state index contributed by atoms with van der Waals surface area (Å²) in [7, 11) is 1.45. The van der Waals surface area contributed by atoms with Crippen LogP contribution in [0.1, 0.15) is 31.2 Å². The highest BCUT2D eigenvalue weighted by Gasteiger charge is 2.41. The molecular weight excluding hydrogens is 228 g/mol. The smallest absolute Gasteiger partial charge is 0.326 e. The second-order valence-electron chi connectivity index (χ2n) is 4.88. The first-order chi connectivity index (χ1) is 8.66. The SMILES string of the molecule is COC(=O)C1(NCc2ccc(N)cc2)CCCC1. The van der Waals surface area contributed by atoms with Gasteiger partial charge in [-0.1, -0.05) is 25.0 Å².